The van der Waals surface area contributed by atoms with Crippen molar-refractivity contribution in [2.75, 3.05) is 5.32 Å². The van der Waals surface area contributed by atoms with Gasteiger partial charge < -0.3 is 10.4 Å². The minimum Gasteiger partial charge on any atom is -0.508 e. The molecule has 0 aromatic heterocycles. The summed E-state index contributed by atoms with van der Waals surface area (Å²) in [7, 11) is 0. The van der Waals surface area contributed by atoms with Crippen LogP contribution < -0.4 is 5.32 Å². The van der Waals surface area contributed by atoms with E-state index >= 15 is 0 Å². The van der Waals surface area contributed by atoms with E-state index < -0.39 is 0 Å². The summed E-state index contributed by atoms with van der Waals surface area (Å²) in [6.07, 6.45) is 0. The minimum absolute atomic E-state index is 0. The predicted octanol–water partition coefficient (Wildman–Crippen LogP) is 3.43. The molecule has 0 amide bonds. The first-order chi connectivity index (χ1) is 7.34. The molecule has 2 N–H and O–H groups in total. The van der Waals surface area contributed by atoms with E-state index in [1.165, 1.54) is 5.56 Å². The molecule has 0 saturated heterocycles. The average molecular weight is 236 g/mol. The molecule has 84 valence electrons. The highest BCUT2D eigenvalue weighted by molar-refractivity contribution is 5.85. The zero-order valence-corrected chi connectivity index (χ0v) is 9.58. The Morgan fingerprint density at radius 1 is 0.875 bits per heavy atom. The van der Waals surface area contributed by atoms with Crippen LogP contribution in [-0.2, 0) is 6.54 Å². The molecule has 0 atom stereocenters. The molecule has 0 fully saturated rings. The number of phenols is 1. The smallest absolute Gasteiger partial charge is 0.115 e. The first kappa shape index (κ1) is 12.4. The summed E-state index contributed by atoms with van der Waals surface area (Å²) in [6, 6.07) is 17.3. The van der Waals surface area contributed by atoms with Crippen LogP contribution in [0.1, 0.15) is 5.56 Å². The number of aromatic hydroxyl groups is 1. The molecule has 0 spiro atoms. The Balaban J connectivity index is 0.00000128. The van der Waals surface area contributed by atoms with E-state index in [0.29, 0.717) is 5.75 Å². The van der Waals surface area contributed by atoms with Gasteiger partial charge in [0.1, 0.15) is 5.75 Å². The summed E-state index contributed by atoms with van der Waals surface area (Å²) < 4.78 is 0. The Labute approximate surface area is 101 Å². The molecule has 0 aliphatic carbocycles. The van der Waals surface area contributed by atoms with Crippen LogP contribution in [0.3, 0.4) is 0 Å². The average Bonchev–Trinajstić information content (AvgIpc) is 2.30. The molecule has 3 heteroatoms. The van der Waals surface area contributed by atoms with Crippen molar-refractivity contribution in [2.24, 2.45) is 0 Å². The van der Waals surface area contributed by atoms with E-state index in [1.54, 1.807) is 12.1 Å². The predicted molar refractivity (Wildman–Crippen MR) is 69.1 cm³/mol. The quantitative estimate of drug-likeness (QED) is 0.799. The van der Waals surface area contributed by atoms with Crippen molar-refractivity contribution in [1.29, 1.82) is 0 Å². The Bertz CT molecular complexity index is 414. The molecule has 0 aliphatic heterocycles. The van der Waals surface area contributed by atoms with Crippen molar-refractivity contribution in [2.45, 2.75) is 6.54 Å². The molecule has 0 unspecified atom stereocenters. The fourth-order valence-electron chi connectivity index (χ4n) is 1.38. The van der Waals surface area contributed by atoms with Gasteiger partial charge in [-0.05, 0) is 29.8 Å². The second-order valence-corrected chi connectivity index (χ2v) is 3.39. The highest BCUT2D eigenvalue weighted by Crippen LogP contribution is 2.14. The maximum atomic E-state index is 9.11. The van der Waals surface area contributed by atoms with Crippen molar-refractivity contribution < 1.29 is 5.11 Å². The van der Waals surface area contributed by atoms with Crippen LogP contribution in [0.5, 0.6) is 5.75 Å². The fourth-order valence-corrected chi connectivity index (χ4v) is 1.38. The van der Waals surface area contributed by atoms with E-state index in [9.17, 15) is 0 Å². The van der Waals surface area contributed by atoms with Gasteiger partial charge in [0.2, 0.25) is 0 Å². The zero-order valence-electron chi connectivity index (χ0n) is 8.76. The van der Waals surface area contributed by atoms with Gasteiger partial charge in [-0.1, -0.05) is 30.3 Å². The van der Waals surface area contributed by atoms with E-state index in [2.05, 4.69) is 17.4 Å². The number of benzene rings is 2. The first-order valence-corrected chi connectivity index (χ1v) is 4.91. The molecular formula is C13H14ClNO. The fraction of sp³-hybridized carbons (Fsp3) is 0.0769. The minimum atomic E-state index is 0. The number of phenolic OH excluding ortho intramolecular Hbond substituents is 1. The Hall–Kier alpha value is -1.67. The topological polar surface area (TPSA) is 32.3 Å². The number of halogens is 1. The highest BCUT2D eigenvalue weighted by atomic mass is 35.5. The van der Waals surface area contributed by atoms with Crippen LogP contribution >= 0.6 is 12.4 Å². The van der Waals surface area contributed by atoms with Gasteiger partial charge in [-0.2, -0.15) is 0 Å². The van der Waals surface area contributed by atoms with Gasteiger partial charge in [0.05, 0.1) is 0 Å². The maximum absolute atomic E-state index is 9.11. The summed E-state index contributed by atoms with van der Waals surface area (Å²) in [6.45, 7) is 0.797. The Kier molecular flexibility index (Phi) is 4.67. The molecule has 2 rings (SSSR count). The van der Waals surface area contributed by atoms with Gasteiger partial charge in [0, 0.05) is 12.2 Å². The van der Waals surface area contributed by atoms with Crippen LogP contribution in [0.2, 0.25) is 0 Å². The number of hydrogen-bond acceptors (Lipinski definition) is 2. The summed E-state index contributed by atoms with van der Waals surface area (Å²) >= 11 is 0. The molecule has 0 saturated carbocycles. The molecule has 0 aliphatic rings. The third kappa shape index (κ3) is 3.48. The lowest BCUT2D eigenvalue weighted by Crippen LogP contribution is -1.98. The lowest BCUT2D eigenvalue weighted by Gasteiger charge is -2.06. The number of nitrogens with one attached hydrogen (secondary N) is 1. The first-order valence-electron chi connectivity index (χ1n) is 4.91. The van der Waals surface area contributed by atoms with Crippen molar-refractivity contribution in [3.8, 4) is 5.75 Å². The molecule has 2 aromatic carbocycles. The van der Waals surface area contributed by atoms with Gasteiger partial charge in [-0.15, -0.1) is 12.4 Å². The van der Waals surface area contributed by atoms with Gasteiger partial charge in [0.15, 0.2) is 0 Å². The van der Waals surface area contributed by atoms with Crippen molar-refractivity contribution in [3.63, 3.8) is 0 Å². The van der Waals surface area contributed by atoms with E-state index in [4.69, 9.17) is 5.11 Å². The summed E-state index contributed by atoms with van der Waals surface area (Å²) in [5, 5.41) is 12.4. The second kappa shape index (κ2) is 6.03. The zero-order chi connectivity index (χ0) is 10.5. The number of hydrogen-bond donors (Lipinski definition) is 2. The van der Waals surface area contributed by atoms with Gasteiger partial charge in [-0.25, -0.2) is 0 Å². The lowest BCUT2D eigenvalue weighted by atomic mass is 10.2. The largest absolute Gasteiger partial charge is 0.508 e. The molecule has 0 radical (unpaired) electrons. The Morgan fingerprint density at radius 3 is 2.12 bits per heavy atom. The van der Waals surface area contributed by atoms with Gasteiger partial charge in [0.25, 0.3) is 0 Å². The van der Waals surface area contributed by atoms with E-state index in [0.717, 1.165) is 12.2 Å². The molecule has 2 aromatic rings. The van der Waals surface area contributed by atoms with Crippen LogP contribution in [0.15, 0.2) is 54.6 Å². The molecule has 16 heavy (non-hydrogen) atoms. The van der Waals surface area contributed by atoms with Gasteiger partial charge in [-0.3, -0.25) is 0 Å². The van der Waals surface area contributed by atoms with Crippen LogP contribution in [0, 0.1) is 0 Å². The summed E-state index contributed by atoms with van der Waals surface area (Å²) in [5.74, 6) is 0.292. The molecular weight excluding hydrogens is 222 g/mol. The standard InChI is InChI=1S/C13H13NO.ClH/c15-13-8-6-12(7-9-13)14-10-11-4-2-1-3-5-11;/h1-9,14-15H,10H2;1H. The number of anilines is 1. The van der Waals surface area contributed by atoms with Crippen molar-refractivity contribution in [1.82, 2.24) is 0 Å². The van der Waals surface area contributed by atoms with E-state index in [-0.39, 0.29) is 12.4 Å². The van der Waals surface area contributed by atoms with Crippen LogP contribution in [0.25, 0.3) is 0 Å². The lowest BCUT2D eigenvalue weighted by molar-refractivity contribution is 0.475. The monoisotopic (exact) mass is 235 g/mol. The highest BCUT2D eigenvalue weighted by Gasteiger charge is 1.93. The maximum Gasteiger partial charge on any atom is 0.115 e. The molecule has 2 nitrogen and oxygen atoms in total. The van der Waals surface area contributed by atoms with E-state index in [1.807, 2.05) is 30.3 Å². The number of rotatable bonds is 3. The second-order valence-electron chi connectivity index (χ2n) is 3.39. The Morgan fingerprint density at radius 2 is 1.50 bits per heavy atom. The van der Waals surface area contributed by atoms with Gasteiger partial charge >= 0.3 is 0 Å². The third-order valence-electron chi connectivity index (χ3n) is 2.21. The molecule has 0 heterocycles. The van der Waals surface area contributed by atoms with Crippen LogP contribution in [-0.4, -0.2) is 5.11 Å². The van der Waals surface area contributed by atoms with Crippen molar-refractivity contribution in [3.05, 3.63) is 60.2 Å². The third-order valence-corrected chi connectivity index (χ3v) is 2.21. The summed E-state index contributed by atoms with van der Waals surface area (Å²) in [5.41, 5.74) is 2.25. The van der Waals surface area contributed by atoms with Crippen LogP contribution in [0.4, 0.5) is 5.69 Å². The summed E-state index contributed by atoms with van der Waals surface area (Å²) in [4.78, 5) is 0. The SMILES string of the molecule is Cl.Oc1ccc(NCc2ccccc2)cc1. The normalized spacial score (nSPS) is 9.25. The van der Waals surface area contributed by atoms with Crippen molar-refractivity contribution >= 4 is 18.1 Å². The molecule has 0 bridgehead atoms.